The first kappa shape index (κ1) is 9.31. The Morgan fingerprint density at radius 3 is 2.33 bits per heavy atom. The van der Waals surface area contributed by atoms with E-state index in [0.29, 0.717) is 0 Å². The molecule has 0 radical (unpaired) electrons. The van der Waals surface area contributed by atoms with Gasteiger partial charge in [0.15, 0.2) is 0 Å². The van der Waals surface area contributed by atoms with Crippen LogP contribution < -0.4 is 0 Å². The quantitative estimate of drug-likeness (QED) is 0.608. The van der Waals surface area contributed by atoms with Gasteiger partial charge in [-0.05, 0) is 17.6 Å². The Balaban J connectivity index is 0.000000720. The topological polar surface area (TPSA) is 0 Å². The van der Waals surface area contributed by atoms with Crippen molar-refractivity contribution in [1.82, 2.24) is 0 Å². The second kappa shape index (κ2) is 4.30. The smallest absolute Gasteiger partial charge is 0 e. The molecule has 0 heterocycles. The van der Waals surface area contributed by atoms with Crippen molar-refractivity contribution in [3.63, 3.8) is 0 Å². The Labute approximate surface area is 83.5 Å². The maximum Gasteiger partial charge on any atom is 0 e. The van der Waals surface area contributed by atoms with E-state index in [4.69, 9.17) is 0 Å². The normalized spacial score (nSPS) is 13.8. The third-order valence-electron chi connectivity index (χ3n) is 1.92. The zero-order chi connectivity index (χ0) is 7.52. The van der Waals surface area contributed by atoms with Crippen LogP contribution in [0.5, 0.6) is 0 Å². The van der Waals surface area contributed by atoms with Crippen LogP contribution in [-0.2, 0) is 17.1 Å². The van der Waals surface area contributed by atoms with Crippen LogP contribution in [-0.4, -0.2) is 0 Å². The molecule has 12 heavy (non-hydrogen) atoms. The summed E-state index contributed by atoms with van der Waals surface area (Å²) >= 11 is 0. The molecule has 0 bridgehead atoms. The van der Waals surface area contributed by atoms with Gasteiger partial charge in [-0.15, -0.1) is 0 Å². The van der Waals surface area contributed by atoms with Crippen molar-refractivity contribution in [2.45, 2.75) is 6.42 Å². The third-order valence-corrected chi connectivity index (χ3v) is 1.92. The van der Waals surface area contributed by atoms with E-state index >= 15 is 0 Å². The molecule has 1 heteroatoms. The molecule has 0 spiro atoms. The molecule has 0 N–H and O–H groups in total. The van der Waals surface area contributed by atoms with Gasteiger partial charge < -0.3 is 0 Å². The molecular weight excluding hydrogens is 188 g/mol. The van der Waals surface area contributed by atoms with Crippen LogP contribution in [0, 0.1) is 0 Å². The molecule has 2 rings (SSSR count). The van der Waals surface area contributed by atoms with Gasteiger partial charge in [0, 0.05) is 17.1 Å². The van der Waals surface area contributed by atoms with Gasteiger partial charge in [-0.1, -0.05) is 48.6 Å². The molecule has 1 aliphatic rings. The van der Waals surface area contributed by atoms with Gasteiger partial charge in [-0.2, -0.15) is 0 Å². The second-order valence-electron chi connectivity index (χ2n) is 2.69. The van der Waals surface area contributed by atoms with Gasteiger partial charge in [0.2, 0.25) is 0 Å². The molecule has 0 nitrogen and oxygen atoms in total. The van der Waals surface area contributed by atoms with Crippen LogP contribution in [0.1, 0.15) is 12.0 Å². The van der Waals surface area contributed by atoms with Crippen molar-refractivity contribution in [1.29, 1.82) is 0 Å². The summed E-state index contributed by atoms with van der Waals surface area (Å²) in [5, 5.41) is 0. The summed E-state index contributed by atoms with van der Waals surface area (Å²) in [5.41, 5.74) is 2.77. The Morgan fingerprint density at radius 1 is 1.00 bits per heavy atom. The molecule has 0 aliphatic heterocycles. The first-order chi connectivity index (χ1) is 5.47. The Morgan fingerprint density at radius 2 is 1.75 bits per heavy atom. The van der Waals surface area contributed by atoms with Crippen molar-refractivity contribution < 1.29 is 17.1 Å². The standard InChI is InChI=1S/C11H10.Fe/c1-2-6-10(7-3-1)11-8-4-5-9-11;/h1-8H,9H2;. The predicted octanol–water partition coefficient (Wildman–Crippen LogP) is 3.03. The zero-order valence-electron chi connectivity index (χ0n) is 6.68. The minimum absolute atomic E-state index is 0. The summed E-state index contributed by atoms with van der Waals surface area (Å²) in [4.78, 5) is 0. The molecule has 0 fully saturated rings. The van der Waals surface area contributed by atoms with E-state index in [1.807, 2.05) is 6.07 Å². The van der Waals surface area contributed by atoms with Crippen LogP contribution in [0.2, 0.25) is 0 Å². The zero-order valence-corrected chi connectivity index (χ0v) is 7.78. The number of benzene rings is 1. The molecule has 0 atom stereocenters. The molecule has 1 aromatic rings. The van der Waals surface area contributed by atoms with Crippen molar-refractivity contribution in [3.8, 4) is 0 Å². The molecule has 0 saturated carbocycles. The van der Waals surface area contributed by atoms with Gasteiger partial charge in [0.25, 0.3) is 0 Å². The SMILES string of the molecule is C1=CCC(c2ccccc2)=C1.[Fe]. The fourth-order valence-electron chi connectivity index (χ4n) is 1.31. The minimum atomic E-state index is 0. The first-order valence-corrected chi connectivity index (χ1v) is 3.88. The summed E-state index contributed by atoms with van der Waals surface area (Å²) in [6, 6.07) is 10.5. The van der Waals surface area contributed by atoms with Crippen molar-refractivity contribution in [2.24, 2.45) is 0 Å². The van der Waals surface area contributed by atoms with Crippen LogP contribution in [0.25, 0.3) is 5.57 Å². The summed E-state index contributed by atoms with van der Waals surface area (Å²) in [6.45, 7) is 0. The van der Waals surface area contributed by atoms with Gasteiger partial charge in [0.1, 0.15) is 0 Å². The van der Waals surface area contributed by atoms with Gasteiger partial charge in [0.05, 0.1) is 0 Å². The van der Waals surface area contributed by atoms with E-state index in [-0.39, 0.29) is 17.1 Å². The Bertz CT molecular complexity index is 296. The van der Waals surface area contributed by atoms with Gasteiger partial charge >= 0.3 is 0 Å². The number of hydrogen-bond donors (Lipinski definition) is 0. The fraction of sp³-hybridized carbons (Fsp3) is 0.0909. The predicted molar refractivity (Wildman–Crippen MR) is 48.2 cm³/mol. The van der Waals surface area contributed by atoms with E-state index in [1.165, 1.54) is 11.1 Å². The largest absolute Gasteiger partial charge is 0.0801 e. The van der Waals surface area contributed by atoms with E-state index in [0.717, 1.165) is 6.42 Å². The average Bonchev–Trinajstić information content (AvgIpc) is 2.58. The summed E-state index contributed by atoms with van der Waals surface area (Å²) in [6.07, 6.45) is 7.56. The van der Waals surface area contributed by atoms with Gasteiger partial charge in [-0.25, -0.2) is 0 Å². The molecule has 0 unspecified atom stereocenters. The third kappa shape index (κ3) is 1.88. The monoisotopic (exact) mass is 198 g/mol. The minimum Gasteiger partial charge on any atom is -0.0801 e. The average molecular weight is 198 g/mol. The summed E-state index contributed by atoms with van der Waals surface area (Å²) < 4.78 is 0. The molecule has 0 amide bonds. The van der Waals surface area contributed by atoms with Crippen LogP contribution >= 0.6 is 0 Å². The molecular formula is C11H10Fe. The first-order valence-electron chi connectivity index (χ1n) is 3.88. The van der Waals surface area contributed by atoms with Crippen molar-refractivity contribution >= 4 is 5.57 Å². The summed E-state index contributed by atoms with van der Waals surface area (Å²) in [5.74, 6) is 0. The Kier molecular flexibility index (Phi) is 3.33. The Hall–Kier alpha value is -0.781. The second-order valence-corrected chi connectivity index (χ2v) is 2.69. The summed E-state index contributed by atoms with van der Waals surface area (Å²) in [7, 11) is 0. The molecule has 62 valence electrons. The number of allylic oxidation sites excluding steroid dienone is 4. The van der Waals surface area contributed by atoms with Crippen LogP contribution in [0.3, 0.4) is 0 Å². The van der Waals surface area contributed by atoms with E-state index in [2.05, 4.69) is 42.5 Å². The molecule has 0 saturated heterocycles. The van der Waals surface area contributed by atoms with Crippen molar-refractivity contribution in [2.75, 3.05) is 0 Å². The van der Waals surface area contributed by atoms with Crippen LogP contribution in [0.4, 0.5) is 0 Å². The van der Waals surface area contributed by atoms with E-state index in [9.17, 15) is 0 Å². The fourth-order valence-corrected chi connectivity index (χ4v) is 1.31. The molecule has 0 aromatic heterocycles. The maximum absolute atomic E-state index is 2.18. The maximum atomic E-state index is 2.18. The van der Waals surface area contributed by atoms with Crippen molar-refractivity contribution in [3.05, 3.63) is 54.1 Å². The number of rotatable bonds is 1. The van der Waals surface area contributed by atoms with Crippen LogP contribution in [0.15, 0.2) is 48.6 Å². The number of hydrogen-bond acceptors (Lipinski definition) is 0. The van der Waals surface area contributed by atoms with E-state index in [1.54, 1.807) is 0 Å². The molecule has 1 aromatic carbocycles. The van der Waals surface area contributed by atoms with E-state index < -0.39 is 0 Å². The molecule has 1 aliphatic carbocycles. The van der Waals surface area contributed by atoms with Gasteiger partial charge in [-0.3, -0.25) is 0 Å².